The van der Waals surface area contributed by atoms with Gasteiger partial charge in [0.1, 0.15) is 5.82 Å². The van der Waals surface area contributed by atoms with E-state index in [0.29, 0.717) is 0 Å². The van der Waals surface area contributed by atoms with Crippen molar-refractivity contribution < 1.29 is 0 Å². The van der Waals surface area contributed by atoms with Crippen molar-refractivity contribution in [2.75, 3.05) is 25.0 Å². The normalized spacial score (nSPS) is 10.5. The molecule has 0 spiro atoms. The van der Waals surface area contributed by atoms with Crippen molar-refractivity contribution in [3.05, 3.63) is 48.5 Å². The summed E-state index contributed by atoms with van der Waals surface area (Å²) in [4.78, 5) is 9.52. The Morgan fingerprint density at radius 1 is 1.28 bits per heavy atom. The Morgan fingerprint density at radius 3 is 2.83 bits per heavy atom. The quantitative estimate of drug-likeness (QED) is 0.732. The van der Waals surface area contributed by atoms with Crippen LogP contribution < -0.4 is 10.2 Å². The maximum Gasteiger partial charge on any atom is 0.120 e. The number of anilines is 1. The van der Waals surface area contributed by atoms with Crippen LogP contribution in [0.1, 0.15) is 12.2 Å². The molecule has 2 aromatic rings. The summed E-state index contributed by atoms with van der Waals surface area (Å²) in [6.45, 7) is 2.86. The molecule has 96 valence electrons. The molecule has 1 heterocycles. The summed E-state index contributed by atoms with van der Waals surface area (Å²) < 4.78 is 0. The van der Waals surface area contributed by atoms with Gasteiger partial charge in [-0.1, -0.05) is 18.2 Å². The summed E-state index contributed by atoms with van der Waals surface area (Å²) >= 11 is 0. The summed E-state index contributed by atoms with van der Waals surface area (Å²) in [6.07, 6.45) is 4.74. The molecule has 4 heteroatoms. The molecule has 0 fully saturated rings. The highest BCUT2D eigenvalue weighted by atomic mass is 15.1. The Balaban J connectivity index is 1.61. The molecule has 2 N–H and O–H groups in total. The minimum Gasteiger partial charge on any atom is -0.375 e. The van der Waals surface area contributed by atoms with Crippen molar-refractivity contribution in [2.45, 2.75) is 13.0 Å². The minimum atomic E-state index is 0.808. The van der Waals surface area contributed by atoms with E-state index in [2.05, 4.69) is 51.5 Å². The summed E-state index contributed by atoms with van der Waals surface area (Å²) in [7, 11) is 2.13. The summed E-state index contributed by atoms with van der Waals surface area (Å²) in [5, 5.41) is 3.37. The van der Waals surface area contributed by atoms with Crippen LogP contribution in [0.25, 0.3) is 0 Å². The van der Waals surface area contributed by atoms with E-state index < -0.39 is 0 Å². The Hall–Kier alpha value is -1.81. The van der Waals surface area contributed by atoms with Gasteiger partial charge in [0.2, 0.25) is 0 Å². The van der Waals surface area contributed by atoms with Crippen LogP contribution >= 0.6 is 0 Å². The fourth-order valence-electron chi connectivity index (χ4n) is 1.85. The van der Waals surface area contributed by atoms with Gasteiger partial charge in [-0.05, 0) is 25.1 Å². The lowest BCUT2D eigenvalue weighted by atomic mass is 10.3. The minimum absolute atomic E-state index is 0.808. The van der Waals surface area contributed by atoms with E-state index in [1.54, 1.807) is 6.20 Å². The fourth-order valence-corrected chi connectivity index (χ4v) is 1.85. The van der Waals surface area contributed by atoms with Gasteiger partial charge in [-0.25, -0.2) is 4.98 Å². The highest BCUT2D eigenvalue weighted by molar-refractivity contribution is 5.44. The second-order valence-electron chi connectivity index (χ2n) is 4.32. The third-order valence-electron chi connectivity index (χ3n) is 2.89. The van der Waals surface area contributed by atoms with Crippen LogP contribution in [-0.4, -0.2) is 30.1 Å². The van der Waals surface area contributed by atoms with Crippen molar-refractivity contribution in [1.29, 1.82) is 0 Å². The lowest BCUT2D eigenvalue weighted by Gasteiger charge is -2.19. The van der Waals surface area contributed by atoms with Gasteiger partial charge in [-0.3, -0.25) is 0 Å². The maximum absolute atomic E-state index is 4.17. The van der Waals surface area contributed by atoms with Gasteiger partial charge >= 0.3 is 0 Å². The predicted molar refractivity (Wildman–Crippen MR) is 74.6 cm³/mol. The molecule has 0 bridgehead atoms. The molecule has 0 unspecified atom stereocenters. The Morgan fingerprint density at radius 2 is 2.11 bits per heavy atom. The van der Waals surface area contributed by atoms with Crippen LogP contribution in [0.4, 0.5) is 5.69 Å². The van der Waals surface area contributed by atoms with Crippen molar-refractivity contribution in [3.63, 3.8) is 0 Å². The first-order chi connectivity index (χ1) is 8.86. The van der Waals surface area contributed by atoms with E-state index in [1.807, 2.05) is 12.3 Å². The van der Waals surface area contributed by atoms with Crippen molar-refractivity contribution in [1.82, 2.24) is 15.3 Å². The first-order valence-corrected chi connectivity index (χ1v) is 6.31. The number of benzene rings is 1. The first kappa shape index (κ1) is 12.6. The fraction of sp³-hybridized carbons (Fsp3) is 0.357. The molecule has 4 nitrogen and oxygen atoms in total. The third-order valence-corrected chi connectivity index (χ3v) is 2.89. The number of nitrogens with one attached hydrogen (secondary N) is 2. The molecular formula is C14H20N4. The van der Waals surface area contributed by atoms with Gasteiger partial charge in [0.15, 0.2) is 0 Å². The largest absolute Gasteiger partial charge is 0.375 e. The van der Waals surface area contributed by atoms with E-state index in [0.717, 1.165) is 31.9 Å². The summed E-state index contributed by atoms with van der Waals surface area (Å²) in [6, 6.07) is 10.5. The molecule has 0 amide bonds. The Kier molecular flexibility index (Phi) is 4.78. The van der Waals surface area contributed by atoms with E-state index >= 15 is 0 Å². The first-order valence-electron chi connectivity index (χ1n) is 6.31. The van der Waals surface area contributed by atoms with Gasteiger partial charge in [0.25, 0.3) is 0 Å². The zero-order chi connectivity index (χ0) is 12.6. The molecule has 0 aliphatic heterocycles. The van der Waals surface area contributed by atoms with Gasteiger partial charge in [-0.15, -0.1) is 0 Å². The number of aromatic nitrogens is 2. The average Bonchev–Trinajstić information content (AvgIpc) is 2.92. The van der Waals surface area contributed by atoms with Gasteiger partial charge < -0.3 is 15.2 Å². The number of imidazole rings is 1. The number of para-hydroxylation sites is 1. The standard InChI is InChI=1S/C14H20N4/c1-18(13-6-3-2-4-7-13)11-5-8-15-12-14-16-9-10-17-14/h2-4,6-7,9-10,15H,5,8,11-12H2,1H3,(H,16,17). The molecule has 0 aliphatic rings. The van der Waals surface area contributed by atoms with Crippen LogP contribution in [0.3, 0.4) is 0 Å². The van der Waals surface area contributed by atoms with E-state index in [4.69, 9.17) is 0 Å². The van der Waals surface area contributed by atoms with Crippen LogP contribution in [0.2, 0.25) is 0 Å². The van der Waals surface area contributed by atoms with Gasteiger partial charge in [0, 0.05) is 31.7 Å². The van der Waals surface area contributed by atoms with Gasteiger partial charge in [0.05, 0.1) is 6.54 Å². The topological polar surface area (TPSA) is 44.0 Å². The lowest BCUT2D eigenvalue weighted by molar-refractivity contribution is 0.631. The van der Waals surface area contributed by atoms with Crippen molar-refractivity contribution in [2.24, 2.45) is 0 Å². The SMILES string of the molecule is CN(CCCNCc1ncc[nH]1)c1ccccc1. The lowest BCUT2D eigenvalue weighted by Crippen LogP contribution is -2.23. The number of hydrogen-bond donors (Lipinski definition) is 2. The Bertz CT molecular complexity index is 424. The van der Waals surface area contributed by atoms with Crippen LogP contribution in [0, 0.1) is 0 Å². The molecule has 1 aromatic carbocycles. The van der Waals surface area contributed by atoms with E-state index in [1.165, 1.54) is 5.69 Å². The van der Waals surface area contributed by atoms with Crippen LogP contribution in [0.15, 0.2) is 42.7 Å². The highest BCUT2D eigenvalue weighted by Crippen LogP contribution is 2.10. The van der Waals surface area contributed by atoms with Crippen molar-refractivity contribution >= 4 is 5.69 Å². The highest BCUT2D eigenvalue weighted by Gasteiger charge is 1.99. The number of aromatic amines is 1. The van der Waals surface area contributed by atoms with Crippen LogP contribution in [-0.2, 0) is 6.54 Å². The zero-order valence-corrected chi connectivity index (χ0v) is 10.8. The summed E-state index contributed by atoms with van der Waals surface area (Å²) in [5.74, 6) is 0.992. The van der Waals surface area contributed by atoms with E-state index in [-0.39, 0.29) is 0 Å². The maximum atomic E-state index is 4.17. The second-order valence-corrected chi connectivity index (χ2v) is 4.32. The average molecular weight is 244 g/mol. The zero-order valence-electron chi connectivity index (χ0n) is 10.8. The molecular weight excluding hydrogens is 224 g/mol. The molecule has 0 saturated heterocycles. The number of rotatable bonds is 7. The molecule has 18 heavy (non-hydrogen) atoms. The molecule has 0 aliphatic carbocycles. The Labute approximate surface area is 108 Å². The third kappa shape index (κ3) is 3.89. The molecule has 0 saturated carbocycles. The van der Waals surface area contributed by atoms with Crippen molar-refractivity contribution in [3.8, 4) is 0 Å². The molecule has 0 atom stereocenters. The predicted octanol–water partition coefficient (Wildman–Crippen LogP) is 2.03. The van der Waals surface area contributed by atoms with Gasteiger partial charge in [-0.2, -0.15) is 0 Å². The number of hydrogen-bond acceptors (Lipinski definition) is 3. The van der Waals surface area contributed by atoms with Crippen LogP contribution in [0.5, 0.6) is 0 Å². The smallest absolute Gasteiger partial charge is 0.120 e. The summed E-state index contributed by atoms with van der Waals surface area (Å²) in [5.41, 5.74) is 1.27. The molecule has 1 aromatic heterocycles. The van der Waals surface area contributed by atoms with E-state index in [9.17, 15) is 0 Å². The molecule has 0 radical (unpaired) electrons. The number of H-pyrrole nitrogens is 1. The number of nitrogens with zero attached hydrogens (tertiary/aromatic N) is 2. The monoisotopic (exact) mass is 244 g/mol. The molecule has 2 rings (SSSR count). The second kappa shape index (κ2) is 6.81.